The summed E-state index contributed by atoms with van der Waals surface area (Å²) in [6.07, 6.45) is 0.576. The van der Waals surface area contributed by atoms with Gasteiger partial charge in [0.15, 0.2) is 0 Å². The Labute approximate surface area is 133 Å². The van der Waals surface area contributed by atoms with E-state index in [1.165, 1.54) is 27.8 Å². The molecule has 1 amide bonds. The van der Waals surface area contributed by atoms with E-state index in [9.17, 15) is 9.59 Å². The molecule has 6 heteroatoms. The second kappa shape index (κ2) is 6.15. The molecule has 1 N–H and O–H groups in total. The Morgan fingerprint density at radius 3 is 2.52 bits per heavy atom. The maximum absolute atomic E-state index is 12.3. The number of carboxylic acids is 1. The fraction of sp³-hybridized carbons (Fsp3) is 0.400. The number of hydrogen-bond acceptors (Lipinski definition) is 4. The molecule has 1 fully saturated rings. The van der Waals surface area contributed by atoms with Crippen molar-refractivity contribution in [3.8, 4) is 0 Å². The van der Waals surface area contributed by atoms with Crippen molar-refractivity contribution in [3.05, 3.63) is 34.4 Å². The molecular formula is C15H17NO3S2. The summed E-state index contributed by atoms with van der Waals surface area (Å²) in [5, 5.41) is 8.51. The van der Waals surface area contributed by atoms with Crippen LogP contribution in [0.2, 0.25) is 0 Å². The van der Waals surface area contributed by atoms with Gasteiger partial charge in [0, 0.05) is 0 Å². The molecule has 1 aliphatic heterocycles. The van der Waals surface area contributed by atoms with E-state index in [2.05, 4.69) is 19.1 Å². The molecule has 1 heterocycles. The van der Waals surface area contributed by atoms with Gasteiger partial charge in [0.1, 0.15) is 10.9 Å². The van der Waals surface area contributed by atoms with E-state index in [4.69, 9.17) is 17.3 Å². The molecule has 1 aromatic rings. The molecule has 1 unspecified atom stereocenters. The lowest BCUT2D eigenvalue weighted by Gasteiger charge is -2.14. The number of rotatable bonds is 4. The molecule has 0 spiro atoms. The van der Waals surface area contributed by atoms with Gasteiger partial charge in [-0.3, -0.25) is 14.5 Å². The van der Waals surface area contributed by atoms with Crippen molar-refractivity contribution in [2.24, 2.45) is 0 Å². The second-order valence-electron chi connectivity index (χ2n) is 5.26. The van der Waals surface area contributed by atoms with Crippen molar-refractivity contribution in [2.45, 2.75) is 32.4 Å². The predicted molar refractivity (Wildman–Crippen MR) is 87.7 cm³/mol. The summed E-state index contributed by atoms with van der Waals surface area (Å²) in [6.45, 7) is 5.78. The predicted octanol–water partition coefficient (Wildman–Crippen LogP) is 2.47. The number of thioether (sulfide) groups is 1. The summed E-state index contributed by atoms with van der Waals surface area (Å²) in [7, 11) is 0. The van der Waals surface area contributed by atoms with Crippen LogP contribution in [0.25, 0.3) is 0 Å². The third kappa shape index (κ3) is 3.44. The summed E-state index contributed by atoms with van der Waals surface area (Å²) in [4.78, 5) is 24.2. The highest BCUT2D eigenvalue weighted by Crippen LogP contribution is 2.31. The second-order valence-corrected chi connectivity index (χ2v) is 7.09. The smallest absolute Gasteiger partial charge is 0.323 e. The van der Waals surface area contributed by atoms with Crippen LogP contribution >= 0.6 is 24.0 Å². The Morgan fingerprint density at radius 2 is 1.90 bits per heavy atom. The van der Waals surface area contributed by atoms with Gasteiger partial charge in [0.25, 0.3) is 0 Å². The number of carboxylic acid groups (broad SMARTS) is 1. The Bertz CT molecular complexity index is 628. The quantitative estimate of drug-likeness (QED) is 0.863. The van der Waals surface area contributed by atoms with Gasteiger partial charge in [0.05, 0.1) is 5.25 Å². The monoisotopic (exact) mass is 323 g/mol. The number of aliphatic carboxylic acids is 1. The molecule has 0 saturated carbocycles. The largest absolute Gasteiger partial charge is 0.480 e. The fourth-order valence-electron chi connectivity index (χ4n) is 2.35. The van der Waals surface area contributed by atoms with Gasteiger partial charge < -0.3 is 5.11 Å². The molecule has 21 heavy (non-hydrogen) atoms. The van der Waals surface area contributed by atoms with E-state index in [1.807, 2.05) is 13.8 Å². The van der Waals surface area contributed by atoms with E-state index in [0.29, 0.717) is 10.7 Å². The number of aryl methyl sites for hydroxylation is 3. The van der Waals surface area contributed by atoms with Crippen molar-refractivity contribution >= 4 is 40.2 Å². The van der Waals surface area contributed by atoms with Crippen LogP contribution in [0.4, 0.5) is 0 Å². The fourth-order valence-corrected chi connectivity index (χ4v) is 3.87. The topological polar surface area (TPSA) is 57.6 Å². The van der Waals surface area contributed by atoms with Crippen molar-refractivity contribution in [2.75, 3.05) is 6.54 Å². The van der Waals surface area contributed by atoms with Gasteiger partial charge in [-0.05, 0) is 49.4 Å². The molecular weight excluding hydrogens is 306 g/mol. The van der Waals surface area contributed by atoms with Crippen LogP contribution in [0.3, 0.4) is 0 Å². The number of benzene rings is 1. The normalized spacial score (nSPS) is 18.4. The molecule has 1 saturated heterocycles. The highest BCUT2D eigenvalue weighted by Gasteiger charge is 2.37. The molecule has 1 aromatic carbocycles. The minimum atomic E-state index is -1.05. The summed E-state index contributed by atoms with van der Waals surface area (Å²) < 4.78 is 0.355. The molecule has 112 valence electrons. The molecule has 4 nitrogen and oxygen atoms in total. The Kier molecular flexibility index (Phi) is 4.68. The highest BCUT2D eigenvalue weighted by atomic mass is 32.2. The first-order valence-electron chi connectivity index (χ1n) is 6.60. The SMILES string of the molecule is Cc1cc(C)c(CC2SC(=S)N(CC(=O)O)C2=O)cc1C. The first kappa shape index (κ1) is 16.0. The zero-order valence-electron chi connectivity index (χ0n) is 12.2. The highest BCUT2D eigenvalue weighted by molar-refractivity contribution is 8.24. The lowest BCUT2D eigenvalue weighted by atomic mass is 9.97. The Morgan fingerprint density at radius 1 is 1.29 bits per heavy atom. The number of nitrogens with zero attached hydrogens (tertiary/aromatic N) is 1. The molecule has 1 atom stereocenters. The zero-order chi connectivity index (χ0) is 15.7. The van der Waals surface area contributed by atoms with Crippen molar-refractivity contribution in [1.29, 1.82) is 0 Å². The molecule has 1 aliphatic rings. The number of hydrogen-bond donors (Lipinski definition) is 1. The van der Waals surface area contributed by atoms with Gasteiger partial charge in [-0.25, -0.2) is 0 Å². The maximum atomic E-state index is 12.3. The molecule has 0 bridgehead atoms. The summed E-state index contributed by atoms with van der Waals surface area (Å²) in [6, 6.07) is 4.21. The maximum Gasteiger partial charge on any atom is 0.323 e. The third-order valence-corrected chi connectivity index (χ3v) is 5.24. The first-order valence-corrected chi connectivity index (χ1v) is 7.89. The van der Waals surface area contributed by atoms with Gasteiger partial charge in [-0.2, -0.15) is 0 Å². The van der Waals surface area contributed by atoms with Gasteiger partial charge >= 0.3 is 5.97 Å². The van der Waals surface area contributed by atoms with Crippen LogP contribution in [0.15, 0.2) is 12.1 Å². The standard InChI is InChI=1S/C15H17NO3S2/c1-8-4-10(3)11(5-9(8)2)6-12-14(19)16(7-13(17)18)15(20)21-12/h4-5,12H,6-7H2,1-3H3,(H,17,18). The minimum absolute atomic E-state index is 0.204. The van der Waals surface area contributed by atoms with Crippen LogP contribution in [-0.4, -0.2) is 38.0 Å². The number of thiocarbonyl (C=S) groups is 1. The van der Waals surface area contributed by atoms with Gasteiger partial charge in [0.2, 0.25) is 5.91 Å². The summed E-state index contributed by atoms with van der Waals surface area (Å²) in [5.41, 5.74) is 4.68. The molecule has 0 aliphatic carbocycles. The van der Waals surface area contributed by atoms with Crippen molar-refractivity contribution < 1.29 is 14.7 Å². The molecule has 0 radical (unpaired) electrons. The van der Waals surface area contributed by atoms with Crippen LogP contribution in [-0.2, 0) is 16.0 Å². The lowest BCUT2D eigenvalue weighted by Crippen LogP contribution is -2.36. The van der Waals surface area contributed by atoms with E-state index in [0.717, 1.165) is 11.1 Å². The number of carbonyl (C=O) groups excluding carboxylic acids is 1. The van der Waals surface area contributed by atoms with Gasteiger partial charge in [-0.15, -0.1) is 0 Å². The van der Waals surface area contributed by atoms with Crippen molar-refractivity contribution in [1.82, 2.24) is 4.90 Å². The van der Waals surface area contributed by atoms with E-state index in [-0.39, 0.29) is 17.7 Å². The van der Waals surface area contributed by atoms with E-state index >= 15 is 0 Å². The van der Waals surface area contributed by atoms with E-state index < -0.39 is 5.97 Å². The first-order chi connectivity index (χ1) is 9.79. The van der Waals surface area contributed by atoms with E-state index in [1.54, 1.807) is 0 Å². The van der Waals surface area contributed by atoms with Crippen molar-refractivity contribution in [3.63, 3.8) is 0 Å². The zero-order valence-corrected chi connectivity index (χ0v) is 13.8. The summed E-state index contributed by atoms with van der Waals surface area (Å²) >= 11 is 6.40. The average molecular weight is 323 g/mol. The Hall–Kier alpha value is -1.40. The summed E-state index contributed by atoms with van der Waals surface area (Å²) in [5.74, 6) is -1.25. The minimum Gasteiger partial charge on any atom is -0.480 e. The number of amides is 1. The Balaban J connectivity index is 2.18. The molecule has 2 rings (SSSR count). The van der Waals surface area contributed by atoms with Crippen LogP contribution < -0.4 is 0 Å². The number of carbonyl (C=O) groups is 2. The third-order valence-electron chi connectivity index (χ3n) is 3.66. The lowest BCUT2D eigenvalue weighted by molar-refractivity contribution is -0.141. The molecule has 0 aromatic heterocycles. The average Bonchev–Trinajstić information content (AvgIpc) is 2.63. The van der Waals surface area contributed by atoms with Crippen LogP contribution in [0, 0.1) is 20.8 Å². The van der Waals surface area contributed by atoms with Crippen LogP contribution in [0.5, 0.6) is 0 Å². The van der Waals surface area contributed by atoms with Gasteiger partial charge in [-0.1, -0.05) is 36.1 Å². The van der Waals surface area contributed by atoms with Crippen LogP contribution in [0.1, 0.15) is 22.3 Å².